The van der Waals surface area contributed by atoms with Crippen LogP contribution in [0, 0.1) is 0 Å². The quantitative estimate of drug-likeness (QED) is 0.177. The van der Waals surface area contributed by atoms with Gasteiger partial charge in [-0.15, -0.1) is 12.4 Å². The molecule has 0 spiro atoms. The maximum atomic E-state index is 6.34. The van der Waals surface area contributed by atoms with Gasteiger partial charge in [-0.05, 0) is 0 Å². The van der Waals surface area contributed by atoms with Crippen molar-refractivity contribution in [3.05, 3.63) is 81.5 Å². The Morgan fingerprint density at radius 1 is 0.893 bits per heavy atom. The maximum Gasteiger partial charge on any atom is -0.147 e. The molecule has 0 atom stereocenters. The molecule has 2 heterocycles. The normalized spacial score (nSPS) is 10.5. The number of hydrogen-bond donors (Lipinski definition) is 1. The summed E-state index contributed by atoms with van der Waals surface area (Å²) >= 11 is 16.6. The van der Waals surface area contributed by atoms with Crippen LogP contribution in [0.5, 0.6) is 0 Å². The summed E-state index contributed by atoms with van der Waals surface area (Å²) < 4.78 is 2.85. The van der Waals surface area contributed by atoms with Gasteiger partial charge in [-0.1, -0.05) is 0 Å². The number of fused-ring (bicyclic) bond motifs is 3. The summed E-state index contributed by atoms with van der Waals surface area (Å²) in [5, 5.41) is 3.19. The second-order valence-corrected chi connectivity index (χ2v) is 8.68. The van der Waals surface area contributed by atoms with E-state index in [1.807, 2.05) is 48.5 Å². The number of benzene rings is 2. The Morgan fingerprint density at radius 3 is 2.18 bits per heavy atom. The molecule has 3 N–H and O–H groups in total. The number of halogens is 4. The standard InChI is InChI=1S/C14H8ClN2.C6H3BrCl.ClH.Fe.H3N/c1-2-11-7-5-9-3-4-10-6-8-12(15)17-14(10)13(9)16-11;7-5-2-1-3-6(8)4-5;;;/h3-8H,1H2;1-3H;1H;;1H3. The summed E-state index contributed by atoms with van der Waals surface area (Å²) in [6.45, 7) is 4.22. The maximum absolute atomic E-state index is 6.34. The van der Waals surface area contributed by atoms with Crippen molar-refractivity contribution >= 4 is 82.3 Å². The van der Waals surface area contributed by atoms with Crippen LogP contribution in [0.2, 0.25) is 10.2 Å². The zero-order valence-electron chi connectivity index (χ0n) is 14.4. The van der Waals surface area contributed by atoms with E-state index in [0.29, 0.717) is 25.1 Å². The van der Waals surface area contributed by atoms with Crippen LogP contribution in [0.1, 0.15) is 5.69 Å². The number of nitrogens with zero attached hydrogens (tertiary/aromatic N) is 2. The van der Waals surface area contributed by atoms with Gasteiger partial charge in [0.1, 0.15) is 0 Å². The number of rotatable bonds is 3. The SMILES string of the molecule is C=[C]([Fe][c]1c(Cl)cccc1Br)c1ccc2ccc3ccc(Cl)nc3c2n1.Cl.N. The Bertz CT molecular complexity index is 1160. The minimum atomic E-state index is 0. The van der Waals surface area contributed by atoms with Crippen LogP contribution < -0.4 is 10.6 Å². The second-order valence-electron chi connectivity index (χ2n) is 5.54. The van der Waals surface area contributed by atoms with E-state index in [-0.39, 0.29) is 18.6 Å². The largest absolute Gasteiger partial charge is 0.344 e. The Hall–Kier alpha value is -1.17. The molecule has 0 radical (unpaired) electrons. The van der Waals surface area contributed by atoms with E-state index in [9.17, 15) is 0 Å². The van der Waals surface area contributed by atoms with Crippen LogP contribution in [0.25, 0.3) is 26.3 Å². The molecule has 28 heavy (non-hydrogen) atoms. The van der Waals surface area contributed by atoms with Gasteiger partial charge < -0.3 is 6.15 Å². The van der Waals surface area contributed by atoms with Gasteiger partial charge in [0.2, 0.25) is 0 Å². The van der Waals surface area contributed by atoms with Gasteiger partial charge >= 0.3 is 176 Å². The predicted molar refractivity (Wildman–Crippen MR) is 122 cm³/mol. The van der Waals surface area contributed by atoms with Crippen molar-refractivity contribution in [3.8, 4) is 0 Å². The fourth-order valence-electron chi connectivity index (χ4n) is 2.60. The van der Waals surface area contributed by atoms with E-state index in [2.05, 4.69) is 27.5 Å². The fourth-order valence-corrected chi connectivity index (χ4v) is 4.91. The van der Waals surface area contributed by atoms with Crippen LogP contribution in [-0.4, -0.2) is 9.97 Å². The van der Waals surface area contributed by atoms with E-state index in [1.54, 1.807) is 6.07 Å². The molecule has 3 nitrogen and oxygen atoms in total. The average Bonchev–Trinajstić information content (AvgIpc) is 2.64. The third kappa shape index (κ3) is 4.52. The van der Waals surface area contributed by atoms with Crippen molar-refractivity contribution in [1.29, 1.82) is 0 Å². The van der Waals surface area contributed by atoms with Gasteiger partial charge in [0.05, 0.1) is 0 Å². The third-order valence-corrected chi connectivity index (χ3v) is 7.01. The summed E-state index contributed by atoms with van der Waals surface area (Å²) in [5.41, 5.74) is 2.43. The first kappa shape index (κ1) is 23.1. The van der Waals surface area contributed by atoms with E-state index >= 15 is 0 Å². The first-order valence-corrected chi connectivity index (χ1v) is 10.3. The van der Waals surface area contributed by atoms with Crippen molar-refractivity contribution in [2.75, 3.05) is 0 Å². The Labute approximate surface area is 193 Å². The molecule has 0 unspecified atom stereocenters. The minimum absolute atomic E-state index is 0. The molecule has 0 aliphatic carbocycles. The van der Waals surface area contributed by atoms with Gasteiger partial charge in [0.25, 0.3) is 0 Å². The molecule has 0 aliphatic heterocycles. The molecule has 8 heteroatoms. The molecule has 4 rings (SSSR count). The summed E-state index contributed by atoms with van der Waals surface area (Å²) in [4.78, 5) is 9.28. The monoisotopic (exact) mass is 537 g/mol. The van der Waals surface area contributed by atoms with E-state index in [4.69, 9.17) is 28.2 Å². The predicted octanol–water partition coefficient (Wildman–Crippen LogP) is 6.81. The van der Waals surface area contributed by atoms with Gasteiger partial charge in [-0.3, -0.25) is 0 Å². The average molecular weight is 539 g/mol. The summed E-state index contributed by atoms with van der Waals surface area (Å²) in [5.74, 6) is 0. The summed E-state index contributed by atoms with van der Waals surface area (Å²) in [7, 11) is 0. The van der Waals surface area contributed by atoms with E-state index < -0.39 is 0 Å². The molecule has 0 saturated carbocycles. The summed E-state index contributed by atoms with van der Waals surface area (Å²) in [6, 6.07) is 17.6. The molecule has 4 aromatic rings. The van der Waals surface area contributed by atoms with Crippen LogP contribution in [0.3, 0.4) is 0 Å². The molecule has 0 aliphatic rings. The Balaban J connectivity index is 0.00000140. The van der Waals surface area contributed by atoms with Crippen LogP contribution in [0.15, 0.2) is 65.6 Å². The molecule has 146 valence electrons. The number of aromatic nitrogens is 2. The third-order valence-electron chi connectivity index (χ3n) is 3.85. The molecular formula is C20H15BrCl3FeN3. The van der Waals surface area contributed by atoms with Gasteiger partial charge in [0, 0.05) is 0 Å². The van der Waals surface area contributed by atoms with Crippen LogP contribution >= 0.6 is 51.5 Å². The molecular weight excluding hydrogens is 524 g/mol. The fraction of sp³-hybridized carbons (Fsp3) is 0. The second kappa shape index (κ2) is 9.55. The zero-order chi connectivity index (χ0) is 18.3. The minimum Gasteiger partial charge on any atom is -0.344 e. The number of hydrogen-bond acceptors (Lipinski definition) is 3. The van der Waals surface area contributed by atoms with Crippen LogP contribution in [0.4, 0.5) is 0 Å². The Kier molecular flexibility index (Phi) is 7.88. The molecule has 0 bridgehead atoms. The van der Waals surface area contributed by atoms with Crippen molar-refractivity contribution in [3.63, 3.8) is 0 Å². The number of pyridine rings is 2. The molecule has 2 aromatic carbocycles. The first-order chi connectivity index (χ1) is 12.5. The van der Waals surface area contributed by atoms with Crippen molar-refractivity contribution < 1.29 is 15.0 Å². The van der Waals surface area contributed by atoms with E-state index in [1.165, 1.54) is 0 Å². The first-order valence-electron chi connectivity index (χ1n) is 7.64. The van der Waals surface area contributed by atoms with Gasteiger partial charge in [0.15, 0.2) is 0 Å². The summed E-state index contributed by atoms with van der Waals surface area (Å²) in [6.07, 6.45) is 0. The van der Waals surface area contributed by atoms with Crippen molar-refractivity contribution in [1.82, 2.24) is 16.1 Å². The van der Waals surface area contributed by atoms with Crippen molar-refractivity contribution in [2.24, 2.45) is 0 Å². The Morgan fingerprint density at radius 2 is 1.50 bits per heavy atom. The molecule has 0 saturated heterocycles. The van der Waals surface area contributed by atoms with E-state index in [0.717, 1.165) is 40.9 Å². The van der Waals surface area contributed by atoms with Crippen LogP contribution in [-0.2, 0) is 15.0 Å². The smallest absolute Gasteiger partial charge is 0.147 e. The molecule has 0 amide bonds. The zero-order valence-corrected chi connectivity index (χ0v) is 19.4. The van der Waals surface area contributed by atoms with Crippen molar-refractivity contribution in [2.45, 2.75) is 0 Å². The topological polar surface area (TPSA) is 60.8 Å². The van der Waals surface area contributed by atoms with Gasteiger partial charge in [-0.25, -0.2) is 0 Å². The van der Waals surface area contributed by atoms with Gasteiger partial charge in [-0.2, -0.15) is 0 Å². The molecule has 0 fully saturated rings. The molecule has 2 aromatic heterocycles.